The van der Waals surface area contributed by atoms with Crippen molar-refractivity contribution in [3.63, 3.8) is 0 Å². The van der Waals surface area contributed by atoms with Crippen LogP contribution in [0.25, 0.3) is 0 Å². The maximum atomic E-state index is 12.0. The predicted molar refractivity (Wildman–Crippen MR) is 75.0 cm³/mol. The number of urea groups is 1. The van der Waals surface area contributed by atoms with Crippen LogP contribution >= 0.6 is 0 Å². The van der Waals surface area contributed by atoms with Crippen LogP contribution in [0.15, 0.2) is 12.5 Å². The van der Waals surface area contributed by atoms with Crippen molar-refractivity contribution in [3.05, 3.63) is 18.1 Å². The van der Waals surface area contributed by atoms with Gasteiger partial charge in [-0.05, 0) is 32.5 Å². The number of hydrogen-bond donors (Lipinski definition) is 2. The zero-order valence-electron chi connectivity index (χ0n) is 11.7. The summed E-state index contributed by atoms with van der Waals surface area (Å²) >= 11 is 0. The molecule has 0 bridgehead atoms. The number of piperidine rings is 1. The Labute approximate surface area is 118 Å². The molecule has 1 fully saturated rings. The van der Waals surface area contributed by atoms with E-state index in [9.17, 15) is 4.79 Å². The van der Waals surface area contributed by atoms with Crippen molar-refractivity contribution in [1.82, 2.24) is 25.6 Å². The number of nitrogens with zero attached hydrogens (tertiary/aromatic N) is 4. The number of amides is 2. The average molecular weight is 276 g/mol. The number of hydrogen-bond acceptors (Lipinski definition) is 5. The van der Waals surface area contributed by atoms with Crippen molar-refractivity contribution in [3.8, 4) is 0 Å². The minimum atomic E-state index is -0.144. The molecule has 7 nitrogen and oxygen atoms in total. The lowest BCUT2D eigenvalue weighted by molar-refractivity contribution is 0.200. The highest BCUT2D eigenvalue weighted by Crippen LogP contribution is 2.20. The fourth-order valence-electron chi connectivity index (χ4n) is 2.70. The first kappa shape index (κ1) is 13.3. The lowest BCUT2D eigenvalue weighted by Gasteiger charge is -2.36. The lowest BCUT2D eigenvalue weighted by Crippen LogP contribution is -2.57. The highest BCUT2D eigenvalue weighted by atomic mass is 16.2. The van der Waals surface area contributed by atoms with Gasteiger partial charge in [0.15, 0.2) is 5.82 Å². The largest absolute Gasteiger partial charge is 0.338 e. The monoisotopic (exact) mass is 276 g/mol. The SMILES string of the molecule is CCN1CCC(NN2C(=O)NCc3cncnc32)CC1. The molecular weight excluding hydrogens is 256 g/mol. The molecule has 2 aliphatic heterocycles. The van der Waals surface area contributed by atoms with Gasteiger partial charge in [-0.15, -0.1) is 0 Å². The van der Waals surface area contributed by atoms with Crippen molar-refractivity contribution in [2.45, 2.75) is 32.4 Å². The zero-order chi connectivity index (χ0) is 13.9. The minimum Gasteiger partial charge on any atom is -0.332 e. The number of anilines is 1. The van der Waals surface area contributed by atoms with Crippen LogP contribution in [-0.2, 0) is 6.54 Å². The third-order valence-corrected chi connectivity index (χ3v) is 3.96. The molecule has 0 aliphatic carbocycles. The molecule has 2 amide bonds. The van der Waals surface area contributed by atoms with E-state index in [0.717, 1.165) is 38.0 Å². The first-order valence-corrected chi connectivity index (χ1v) is 7.13. The molecule has 2 N–H and O–H groups in total. The van der Waals surface area contributed by atoms with Gasteiger partial charge in [0.1, 0.15) is 6.33 Å². The summed E-state index contributed by atoms with van der Waals surface area (Å²) in [6.45, 7) is 5.90. The van der Waals surface area contributed by atoms with Gasteiger partial charge in [-0.2, -0.15) is 0 Å². The smallest absolute Gasteiger partial charge is 0.332 e. The van der Waals surface area contributed by atoms with Crippen molar-refractivity contribution < 1.29 is 4.79 Å². The summed E-state index contributed by atoms with van der Waals surface area (Å²) in [5.41, 5.74) is 4.25. The number of aromatic nitrogens is 2. The Morgan fingerprint density at radius 3 is 3.00 bits per heavy atom. The van der Waals surface area contributed by atoms with Crippen LogP contribution in [0.3, 0.4) is 0 Å². The van der Waals surface area contributed by atoms with E-state index in [1.807, 2.05) is 0 Å². The molecule has 1 aromatic heterocycles. The zero-order valence-corrected chi connectivity index (χ0v) is 11.7. The highest BCUT2D eigenvalue weighted by Gasteiger charge is 2.28. The fourth-order valence-corrected chi connectivity index (χ4v) is 2.70. The molecule has 0 aromatic carbocycles. The summed E-state index contributed by atoms with van der Waals surface area (Å²) in [5, 5.41) is 4.37. The molecular formula is C13H20N6O. The Morgan fingerprint density at radius 2 is 2.25 bits per heavy atom. The van der Waals surface area contributed by atoms with Gasteiger partial charge in [-0.1, -0.05) is 6.92 Å². The second-order valence-electron chi connectivity index (χ2n) is 5.20. The molecule has 0 unspecified atom stereocenters. The average Bonchev–Trinajstić information content (AvgIpc) is 2.51. The van der Waals surface area contributed by atoms with Crippen LogP contribution < -0.4 is 15.8 Å². The van der Waals surface area contributed by atoms with Gasteiger partial charge in [0.05, 0.1) is 0 Å². The van der Waals surface area contributed by atoms with E-state index < -0.39 is 0 Å². The summed E-state index contributed by atoms with van der Waals surface area (Å²) in [7, 11) is 0. The Bertz CT molecular complexity index is 486. The molecule has 1 saturated heterocycles. The van der Waals surface area contributed by atoms with E-state index >= 15 is 0 Å². The molecule has 0 atom stereocenters. The first-order chi connectivity index (χ1) is 9.78. The number of fused-ring (bicyclic) bond motifs is 1. The minimum absolute atomic E-state index is 0.144. The van der Waals surface area contributed by atoms with E-state index in [2.05, 4.69) is 32.5 Å². The number of likely N-dealkylation sites (tertiary alicyclic amines) is 1. The molecule has 0 radical (unpaired) electrons. The molecule has 0 saturated carbocycles. The third kappa shape index (κ3) is 2.59. The van der Waals surface area contributed by atoms with Crippen molar-refractivity contribution in [2.75, 3.05) is 24.6 Å². The Morgan fingerprint density at radius 1 is 1.45 bits per heavy atom. The number of rotatable bonds is 3. The van der Waals surface area contributed by atoms with E-state index in [4.69, 9.17) is 0 Å². The van der Waals surface area contributed by atoms with Crippen LogP contribution in [0, 0.1) is 0 Å². The summed E-state index contributed by atoms with van der Waals surface area (Å²) < 4.78 is 0. The van der Waals surface area contributed by atoms with Gasteiger partial charge in [0.25, 0.3) is 0 Å². The number of hydrazine groups is 1. The van der Waals surface area contributed by atoms with Gasteiger partial charge in [0, 0.05) is 24.3 Å². The van der Waals surface area contributed by atoms with E-state index in [1.54, 1.807) is 6.20 Å². The Balaban J connectivity index is 1.69. The Kier molecular flexibility index (Phi) is 3.79. The van der Waals surface area contributed by atoms with Crippen molar-refractivity contribution in [2.24, 2.45) is 0 Å². The molecule has 7 heteroatoms. The lowest BCUT2D eigenvalue weighted by atomic mass is 10.1. The van der Waals surface area contributed by atoms with E-state index in [-0.39, 0.29) is 6.03 Å². The standard InChI is InChI=1S/C13H20N6O/c1-2-18-5-3-11(4-6-18)17-19-12-10(7-14-9-16-12)8-15-13(19)20/h7,9,11,17H,2-6,8H2,1H3,(H,15,20). The molecule has 20 heavy (non-hydrogen) atoms. The number of nitrogens with one attached hydrogen (secondary N) is 2. The molecule has 2 aliphatic rings. The molecule has 0 spiro atoms. The summed E-state index contributed by atoms with van der Waals surface area (Å²) in [4.78, 5) is 22.7. The molecule has 3 heterocycles. The van der Waals surface area contributed by atoms with Crippen LogP contribution in [0.2, 0.25) is 0 Å². The second-order valence-corrected chi connectivity index (χ2v) is 5.20. The normalized spacial score (nSPS) is 20.6. The summed E-state index contributed by atoms with van der Waals surface area (Å²) in [6.07, 6.45) is 5.30. The number of carbonyl (C=O) groups is 1. The highest BCUT2D eigenvalue weighted by molar-refractivity contribution is 5.92. The van der Waals surface area contributed by atoms with Crippen LogP contribution in [0.1, 0.15) is 25.3 Å². The molecule has 108 valence electrons. The number of carbonyl (C=O) groups excluding carboxylic acids is 1. The molecule has 3 rings (SSSR count). The van der Waals surface area contributed by atoms with E-state index in [0.29, 0.717) is 18.4 Å². The first-order valence-electron chi connectivity index (χ1n) is 7.13. The Hall–Kier alpha value is -1.73. The van der Waals surface area contributed by atoms with Gasteiger partial charge >= 0.3 is 6.03 Å². The topological polar surface area (TPSA) is 73.4 Å². The quantitative estimate of drug-likeness (QED) is 0.841. The van der Waals surface area contributed by atoms with Crippen LogP contribution in [-0.4, -0.2) is 46.6 Å². The molecule has 1 aromatic rings. The fraction of sp³-hybridized carbons (Fsp3) is 0.615. The maximum absolute atomic E-state index is 12.0. The van der Waals surface area contributed by atoms with Crippen LogP contribution in [0.4, 0.5) is 10.6 Å². The summed E-state index contributed by atoms with van der Waals surface area (Å²) in [5.74, 6) is 0.668. The van der Waals surface area contributed by atoms with Gasteiger partial charge in [-0.3, -0.25) is 0 Å². The maximum Gasteiger partial charge on any atom is 0.338 e. The van der Waals surface area contributed by atoms with Gasteiger partial charge in [0.2, 0.25) is 0 Å². The van der Waals surface area contributed by atoms with Crippen molar-refractivity contribution >= 4 is 11.8 Å². The predicted octanol–water partition coefficient (Wildman–Crippen LogP) is 0.495. The van der Waals surface area contributed by atoms with Gasteiger partial charge in [-0.25, -0.2) is 25.2 Å². The third-order valence-electron chi connectivity index (χ3n) is 3.96. The second kappa shape index (κ2) is 5.72. The summed E-state index contributed by atoms with van der Waals surface area (Å²) in [6, 6.07) is 0.165. The van der Waals surface area contributed by atoms with E-state index in [1.165, 1.54) is 11.3 Å². The van der Waals surface area contributed by atoms with Gasteiger partial charge < -0.3 is 10.2 Å². The van der Waals surface area contributed by atoms with Crippen LogP contribution in [0.5, 0.6) is 0 Å². The van der Waals surface area contributed by atoms with Crippen molar-refractivity contribution in [1.29, 1.82) is 0 Å².